The summed E-state index contributed by atoms with van der Waals surface area (Å²) >= 11 is 0. The zero-order valence-corrected chi connectivity index (χ0v) is 78.9. The van der Waals surface area contributed by atoms with E-state index in [0.717, 1.165) is 268 Å². The number of hydrogen-bond acceptors (Lipinski definition) is 12. The minimum absolute atomic E-state index is 0.311. The Bertz CT molecular complexity index is 11800. The summed E-state index contributed by atoms with van der Waals surface area (Å²) in [6.07, 6.45) is 0. The fourth-order valence-corrected chi connectivity index (χ4v) is 24.2. The van der Waals surface area contributed by atoms with Gasteiger partial charge in [-0.1, -0.05) is 218 Å². The van der Waals surface area contributed by atoms with Gasteiger partial charge >= 0.3 is 0 Å². The minimum Gasteiger partial charge on any atom is -0.456 e. The smallest absolute Gasteiger partial charge is 0.136 e. The van der Waals surface area contributed by atoms with E-state index < -0.39 is 0 Å². The molecule has 0 amide bonds. The van der Waals surface area contributed by atoms with E-state index in [1.54, 1.807) is 12.1 Å². The number of aromatic nitrogens is 6. The molecule has 0 fully saturated rings. The Morgan fingerprint density at radius 3 is 0.587 bits per heavy atom. The molecule has 150 heavy (non-hydrogen) atoms. The van der Waals surface area contributed by atoms with E-state index in [0.29, 0.717) is 61.8 Å². The van der Waals surface area contributed by atoms with Gasteiger partial charge < -0.3 is 53.9 Å². The topological polar surface area (TPSA) is 251 Å². The second kappa shape index (κ2) is 31.3. The SMILES string of the molecule is N#Cc1c(-n2c3ccccc3c3cc4oc5ccccc5c4cc32)ccc(-n2c3ccccc3c3cc4oc5ccccc5c4cc32)c1C#N.N#Cc1cc(C#N)c(-n2c3ccccc3c3cc4oc5ccccc5c4cc32)cc1-n1c2ccccc2c2cc3oc4ccccc4c3cc21.N#Cc1ccc(-n2c3ccccc3c3cc4oc5ccccc5c4cc32)c(-n2c3ccccc3c3cc4oc5ccccc5c4cc32)c1C#N. The van der Waals surface area contributed by atoms with Gasteiger partial charge in [-0.15, -0.1) is 0 Å². The van der Waals surface area contributed by atoms with Crippen LogP contribution in [0.1, 0.15) is 33.4 Å². The molecule has 0 saturated heterocycles. The molecule has 0 radical (unpaired) electrons. The van der Waals surface area contributed by atoms with E-state index in [-0.39, 0.29) is 0 Å². The normalized spacial score (nSPS) is 12.0. The van der Waals surface area contributed by atoms with Crippen LogP contribution in [0.4, 0.5) is 0 Å². The summed E-state index contributed by atoms with van der Waals surface area (Å²) in [4.78, 5) is 0. The van der Waals surface area contributed by atoms with Gasteiger partial charge in [-0.2, -0.15) is 31.6 Å². The van der Waals surface area contributed by atoms with Crippen LogP contribution < -0.4 is 0 Å². The first-order chi connectivity index (χ1) is 74.1. The Morgan fingerprint density at radius 2 is 0.340 bits per heavy atom. The first-order valence-electron chi connectivity index (χ1n) is 49.1. The van der Waals surface area contributed by atoms with E-state index in [1.165, 1.54) is 0 Å². The maximum atomic E-state index is 10.9. The Kier molecular flexibility index (Phi) is 17.3. The lowest BCUT2D eigenvalue weighted by Gasteiger charge is -2.19. The lowest BCUT2D eigenvalue weighted by atomic mass is 10.0. The van der Waals surface area contributed by atoms with Crippen LogP contribution in [0.5, 0.6) is 0 Å². The number of fused-ring (bicyclic) bond motifs is 36. The second-order valence-electron chi connectivity index (χ2n) is 38.2. The molecular weight excluding hydrogens is 1850 g/mol. The highest BCUT2D eigenvalue weighted by molar-refractivity contribution is 6.25. The molecule has 690 valence electrons. The van der Waals surface area contributed by atoms with Crippen LogP contribution in [0.25, 0.3) is 297 Å². The number of nitrogens with zero attached hydrogens (tertiary/aromatic N) is 12. The van der Waals surface area contributed by atoms with Gasteiger partial charge in [0.15, 0.2) is 0 Å². The van der Waals surface area contributed by atoms with Crippen molar-refractivity contribution in [3.63, 3.8) is 0 Å². The predicted molar refractivity (Wildman–Crippen MR) is 597 cm³/mol. The predicted octanol–water partition coefficient (Wildman–Crippen LogP) is 34.3. The number of nitriles is 6. The fraction of sp³-hybridized carbons (Fsp3) is 0. The number of para-hydroxylation sites is 12. The molecule has 0 aliphatic carbocycles. The molecule has 0 spiro atoms. The molecule has 33 rings (SSSR count). The Balaban J connectivity index is 0.000000101. The van der Waals surface area contributed by atoms with Gasteiger partial charge in [0, 0.05) is 129 Å². The van der Waals surface area contributed by atoms with Crippen LogP contribution in [0.15, 0.2) is 427 Å². The number of hydrogen-bond donors (Lipinski definition) is 0. The standard InChI is InChI=1S/3C44H22N4O2/c45-23-25-17-26(24-46)38(48-36-14-6-2-10-28(36)32-21-44-34(19-40(32)48)30-12-4-8-16-42(30)50-44)22-37(25)47-35-13-5-1-9-27(35)31-20-43-33(18-39(31)47)29-11-3-7-15-41(29)49-43;45-23-25-17-18-37(47-35-13-5-1-9-26(35)30-21-42-32(19-38(30)47)28-11-3-7-15-40(28)49-42)44(34(25)24-46)48-36-14-6-2-10-27(36)31-22-43-33(20-39(31)48)29-12-4-8-16-41(29)50-43;45-23-33-34(24-46)38(48-36-14-6-2-10-26(36)30-22-44-32(20-40(30)48)28-12-4-8-16-42(28)50-44)18-17-37(33)47-35-13-5-1-9-25(35)29-21-43-31(19-39(29)47)27-11-3-7-15-41(27)49-43/h3*1-22H. The maximum Gasteiger partial charge on any atom is 0.136 e. The summed E-state index contributed by atoms with van der Waals surface area (Å²) in [7, 11) is 0. The molecule has 21 aromatic carbocycles. The van der Waals surface area contributed by atoms with Crippen LogP contribution in [-0.4, -0.2) is 27.4 Å². The summed E-state index contributed by atoms with van der Waals surface area (Å²) in [5.74, 6) is 0. The summed E-state index contributed by atoms with van der Waals surface area (Å²) in [5.41, 5.74) is 27.4. The summed E-state index contributed by atoms with van der Waals surface area (Å²) in [5, 5.41) is 88.8. The van der Waals surface area contributed by atoms with Crippen LogP contribution in [0.2, 0.25) is 0 Å². The van der Waals surface area contributed by atoms with Gasteiger partial charge in [0.05, 0.1) is 134 Å². The van der Waals surface area contributed by atoms with Crippen LogP contribution in [0.3, 0.4) is 0 Å². The highest BCUT2D eigenvalue weighted by atomic mass is 16.3. The van der Waals surface area contributed by atoms with E-state index in [1.807, 2.05) is 206 Å². The van der Waals surface area contributed by atoms with Crippen LogP contribution in [0, 0.1) is 68.0 Å². The third-order valence-corrected chi connectivity index (χ3v) is 30.6. The summed E-state index contributed by atoms with van der Waals surface area (Å²) in [6, 6.07) is 149. The molecule has 0 saturated carbocycles. The number of furan rings is 6. The van der Waals surface area contributed by atoms with Crippen molar-refractivity contribution in [2.75, 3.05) is 0 Å². The van der Waals surface area contributed by atoms with Gasteiger partial charge in [0.25, 0.3) is 0 Å². The molecule has 0 bridgehead atoms. The molecule has 0 aliphatic rings. The molecule has 0 unspecified atom stereocenters. The lowest BCUT2D eigenvalue weighted by molar-refractivity contribution is 0.669. The van der Waals surface area contributed by atoms with Crippen molar-refractivity contribution in [1.29, 1.82) is 31.6 Å². The van der Waals surface area contributed by atoms with Crippen molar-refractivity contribution >= 4 is 262 Å². The zero-order chi connectivity index (χ0) is 99.3. The summed E-state index contributed by atoms with van der Waals surface area (Å²) in [6.45, 7) is 0. The molecule has 18 nitrogen and oxygen atoms in total. The van der Waals surface area contributed by atoms with Crippen molar-refractivity contribution in [1.82, 2.24) is 27.4 Å². The third-order valence-electron chi connectivity index (χ3n) is 30.6. The zero-order valence-electron chi connectivity index (χ0n) is 78.9. The molecule has 12 aromatic heterocycles. The molecule has 12 heterocycles. The minimum atomic E-state index is 0.311. The molecular formula is C132H66N12O6. The van der Waals surface area contributed by atoms with Gasteiger partial charge in [0.2, 0.25) is 0 Å². The Morgan fingerprint density at radius 1 is 0.133 bits per heavy atom. The third kappa shape index (κ3) is 11.6. The Labute approximate surface area is 846 Å². The van der Waals surface area contributed by atoms with E-state index in [9.17, 15) is 31.6 Å². The van der Waals surface area contributed by atoms with Crippen molar-refractivity contribution in [3.05, 3.63) is 434 Å². The highest BCUT2D eigenvalue weighted by Crippen LogP contribution is 2.51. The van der Waals surface area contributed by atoms with Crippen molar-refractivity contribution < 1.29 is 26.5 Å². The molecule has 0 atom stereocenters. The molecule has 33 aromatic rings. The van der Waals surface area contributed by atoms with Crippen molar-refractivity contribution in [2.24, 2.45) is 0 Å². The second-order valence-corrected chi connectivity index (χ2v) is 38.2. The summed E-state index contributed by atoms with van der Waals surface area (Å²) < 4.78 is 50.7. The molecule has 18 heteroatoms. The van der Waals surface area contributed by atoms with Crippen molar-refractivity contribution in [3.8, 4) is 70.5 Å². The van der Waals surface area contributed by atoms with Crippen LogP contribution in [-0.2, 0) is 0 Å². The fourth-order valence-electron chi connectivity index (χ4n) is 24.2. The monoisotopic (exact) mass is 1910 g/mol. The van der Waals surface area contributed by atoms with Gasteiger partial charge in [0.1, 0.15) is 103 Å². The largest absolute Gasteiger partial charge is 0.456 e. The highest BCUT2D eigenvalue weighted by Gasteiger charge is 2.32. The first kappa shape index (κ1) is 82.8. The lowest BCUT2D eigenvalue weighted by Crippen LogP contribution is -2.07. The quantitative estimate of drug-likeness (QED) is 0.151. The number of rotatable bonds is 6. The van der Waals surface area contributed by atoms with Gasteiger partial charge in [-0.25, -0.2) is 0 Å². The number of benzene rings is 21. The van der Waals surface area contributed by atoms with Crippen LogP contribution >= 0.6 is 0 Å². The average Bonchev–Trinajstić information content (AvgIpc) is 1.51. The van der Waals surface area contributed by atoms with E-state index in [2.05, 4.69) is 246 Å². The molecule has 0 N–H and O–H groups in total. The molecule has 0 aliphatic heterocycles. The maximum absolute atomic E-state index is 10.9. The van der Waals surface area contributed by atoms with E-state index in [4.69, 9.17) is 26.5 Å². The van der Waals surface area contributed by atoms with Gasteiger partial charge in [-0.05, 0) is 182 Å². The van der Waals surface area contributed by atoms with Crippen molar-refractivity contribution in [2.45, 2.75) is 0 Å². The first-order valence-corrected chi connectivity index (χ1v) is 49.1. The van der Waals surface area contributed by atoms with Gasteiger partial charge in [-0.3, -0.25) is 0 Å². The average molecular weight is 1920 g/mol. The van der Waals surface area contributed by atoms with E-state index >= 15 is 0 Å². The Hall–Kier alpha value is -21.8.